The molecule has 1 unspecified atom stereocenters. The maximum absolute atomic E-state index is 14.0. The standard InChI is InChI=1S/C22H26FN5O5/c1-3-27-7-8-28(22(27)32)16-10-15(23)5-4-13(16)11-24-20(30)17-18(29)21(31)26(2)19(25-17)14-6-9-33-12-14/h4-5,10,14,29H,3,6-9,11-12H2,1-2H3,(H,24,30). The molecular formula is C22H26FN5O5. The Balaban J connectivity index is 1.58. The highest BCUT2D eigenvalue weighted by Gasteiger charge is 2.31. The fourth-order valence-corrected chi connectivity index (χ4v) is 4.16. The molecule has 2 fully saturated rings. The third-order valence-electron chi connectivity index (χ3n) is 6.07. The minimum atomic E-state index is -0.747. The van der Waals surface area contributed by atoms with Gasteiger partial charge in [-0.05, 0) is 31.0 Å². The summed E-state index contributed by atoms with van der Waals surface area (Å²) >= 11 is 0. The zero-order valence-electron chi connectivity index (χ0n) is 18.5. The van der Waals surface area contributed by atoms with Gasteiger partial charge >= 0.3 is 6.03 Å². The molecule has 2 aromatic rings. The second kappa shape index (κ2) is 9.18. The van der Waals surface area contributed by atoms with E-state index in [0.717, 1.165) is 0 Å². The number of amides is 3. The highest BCUT2D eigenvalue weighted by molar-refractivity contribution is 5.96. The summed E-state index contributed by atoms with van der Waals surface area (Å²) in [5.74, 6) is -1.78. The summed E-state index contributed by atoms with van der Waals surface area (Å²) in [7, 11) is 1.49. The van der Waals surface area contributed by atoms with E-state index in [1.807, 2.05) is 6.92 Å². The largest absolute Gasteiger partial charge is 0.501 e. The maximum Gasteiger partial charge on any atom is 0.324 e. The molecule has 0 bridgehead atoms. The topological polar surface area (TPSA) is 117 Å². The zero-order valence-corrected chi connectivity index (χ0v) is 18.5. The first-order chi connectivity index (χ1) is 15.8. The van der Waals surface area contributed by atoms with E-state index in [1.54, 1.807) is 4.90 Å². The van der Waals surface area contributed by atoms with Crippen LogP contribution in [-0.4, -0.2) is 64.3 Å². The van der Waals surface area contributed by atoms with E-state index in [1.165, 1.54) is 34.7 Å². The van der Waals surface area contributed by atoms with E-state index in [0.29, 0.717) is 56.3 Å². The number of benzene rings is 1. The Kier molecular flexibility index (Phi) is 6.32. The van der Waals surface area contributed by atoms with Gasteiger partial charge in [-0.15, -0.1) is 0 Å². The Bertz CT molecular complexity index is 1140. The number of anilines is 1. The minimum absolute atomic E-state index is 0.0530. The fourth-order valence-electron chi connectivity index (χ4n) is 4.16. The first-order valence-electron chi connectivity index (χ1n) is 10.8. The maximum atomic E-state index is 14.0. The second-order valence-electron chi connectivity index (χ2n) is 8.06. The van der Waals surface area contributed by atoms with Crippen LogP contribution < -0.4 is 15.8 Å². The molecule has 0 radical (unpaired) electrons. The molecule has 0 spiro atoms. The van der Waals surface area contributed by atoms with Crippen LogP contribution in [0.25, 0.3) is 0 Å². The molecule has 176 valence electrons. The van der Waals surface area contributed by atoms with Crippen LogP contribution in [0.5, 0.6) is 5.75 Å². The number of ether oxygens (including phenoxy) is 1. The fraction of sp³-hybridized carbons (Fsp3) is 0.455. The molecule has 3 heterocycles. The molecule has 3 amide bonds. The summed E-state index contributed by atoms with van der Waals surface area (Å²) in [6, 6.07) is 3.76. The highest BCUT2D eigenvalue weighted by atomic mass is 19.1. The van der Waals surface area contributed by atoms with Crippen LogP contribution in [0.1, 0.15) is 41.1 Å². The number of nitrogens with one attached hydrogen (secondary N) is 1. The average molecular weight is 459 g/mol. The summed E-state index contributed by atoms with van der Waals surface area (Å²) in [5.41, 5.74) is -0.218. The predicted octanol–water partition coefficient (Wildman–Crippen LogP) is 1.32. The van der Waals surface area contributed by atoms with E-state index >= 15 is 0 Å². The van der Waals surface area contributed by atoms with E-state index < -0.39 is 23.0 Å². The quantitative estimate of drug-likeness (QED) is 0.673. The van der Waals surface area contributed by atoms with Gasteiger partial charge in [-0.3, -0.25) is 19.1 Å². The van der Waals surface area contributed by atoms with Crippen LogP contribution in [0.15, 0.2) is 23.0 Å². The summed E-state index contributed by atoms with van der Waals surface area (Å²) < 4.78 is 20.5. The lowest BCUT2D eigenvalue weighted by Gasteiger charge is -2.21. The first kappa shape index (κ1) is 22.7. The van der Waals surface area contributed by atoms with Gasteiger partial charge in [0, 0.05) is 45.8 Å². The molecule has 1 aromatic heterocycles. The van der Waals surface area contributed by atoms with Crippen LogP contribution >= 0.6 is 0 Å². The van der Waals surface area contributed by atoms with Crippen molar-refractivity contribution in [3.63, 3.8) is 0 Å². The molecule has 4 rings (SSSR count). The molecule has 33 heavy (non-hydrogen) atoms. The van der Waals surface area contributed by atoms with Crippen molar-refractivity contribution in [2.75, 3.05) is 37.7 Å². The van der Waals surface area contributed by atoms with Crippen molar-refractivity contribution >= 4 is 17.6 Å². The van der Waals surface area contributed by atoms with Crippen molar-refractivity contribution in [1.82, 2.24) is 19.8 Å². The van der Waals surface area contributed by atoms with Crippen molar-refractivity contribution < 1.29 is 23.8 Å². The lowest BCUT2D eigenvalue weighted by molar-refractivity contribution is 0.0941. The number of urea groups is 1. The van der Waals surface area contributed by atoms with E-state index in [2.05, 4.69) is 10.3 Å². The minimum Gasteiger partial charge on any atom is -0.501 e. The van der Waals surface area contributed by atoms with Crippen LogP contribution in [0.4, 0.5) is 14.9 Å². The van der Waals surface area contributed by atoms with Gasteiger partial charge in [0.25, 0.3) is 11.5 Å². The van der Waals surface area contributed by atoms with Gasteiger partial charge in [0.1, 0.15) is 11.6 Å². The molecule has 0 saturated carbocycles. The van der Waals surface area contributed by atoms with Gasteiger partial charge in [-0.2, -0.15) is 0 Å². The van der Waals surface area contributed by atoms with Crippen molar-refractivity contribution in [2.45, 2.75) is 25.8 Å². The molecule has 2 aliphatic rings. The van der Waals surface area contributed by atoms with Gasteiger partial charge in [0.15, 0.2) is 5.69 Å². The van der Waals surface area contributed by atoms with Gasteiger partial charge in [0.2, 0.25) is 5.75 Å². The number of carbonyl (C=O) groups is 2. The molecule has 2 N–H and O–H groups in total. The van der Waals surface area contributed by atoms with E-state index in [4.69, 9.17) is 4.74 Å². The van der Waals surface area contributed by atoms with Crippen LogP contribution in [0, 0.1) is 5.82 Å². The van der Waals surface area contributed by atoms with Crippen molar-refractivity contribution in [2.24, 2.45) is 7.05 Å². The highest BCUT2D eigenvalue weighted by Crippen LogP contribution is 2.27. The van der Waals surface area contributed by atoms with Crippen LogP contribution in [0.2, 0.25) is 0 Å². The zero-order chi connectivity index (χ0) is 23.7. The van der Waals surface area contributed by atoms with Crippen molar-refractivity contribution in [3.8, 4) is 5.75 Å². The number of nitrogens with zero attached hydrogens (tertiary/aromatic N) is 4. The average Bonchev–Trinajstić information content (AvgIpc) is 3.46. The van der Waals surface area contributed by atoms with Gasteiger partial charge in [0.05, 0.1) is 12.3 Å². The molecule has 2 aliphatic heterocycles. The van der Waals surface area contributed by atoms with Crippen LogP contribution in [-0.2, 0) is 18.3 Å². The molecule has 0 aliphatic carbocycles. The van der Waals surface area contributed by atoms with E-state index in [-0.39, 0.29) is 24.2 Å². The molecule has 1 aromatic carbocycles. The summed E-state index contributed by atoms with van der Waals surface area (Å²) in [4.78, 5) is 45.3. The Labute approximate surface area is 189 Å². The van der Waals surface area contributed by atoms with Gasteiger partial charge in [-0.25, -0.2) is 14.2 Å². The summed E-state index contributed by atoms with van der Waals surface area (Å²) in [6.07, 6.45) is 0.656. The molecule has 11 heteroatoms. The Morgan fingerprint density at radius 3 is 2.79 bits per heavy atom. The number of aromatic nitrogens is 2. The van der Waals surface area contributed by atoms with E-state index in [9.17, 15) is 23.9 Å². The lowest BCUT2D eigenvalue weighted by Crippen LogP contribution is -2.33. The van der Waals surface area contributed by atoms with Gasteiger partial charge in [-0.1, -0.05) is 6.07 Å². The Morgan fingerprint density at radius 1 is 1.33 bits per heavy atom. The number of hydrogen-bond donors (Lipinski definition) is 2. The number of carbonyl (C=O) groups excluding carboxylic acids is 2. The van der Waals surface area contributed by atoms with Crippen LogP contribution in [0.3, 0.4) is 0 Å². The summed E-state index contributed by atoms with van der Waals surface area (Å²) in [6.45, 7) is 4.19. The van der Waals surface area contributed by atoms with Crippen molar-refractivity contribution in [1.29, 1.82) is 0 Å². The summed E-state index contributed by atoms with van der Waals surface area (Å²) in [5, 5.41) is 12.9. The number of rotatable bonds is 6. The third-order valence-corrected chi connectivity index (χ3v) is 6.07. The Morgan fingerprint density at radius 2 is 2.12 bits per heavy atom. The monoisotopic (exact) mass is 459 g/mol. The number of likely N-dealkylation sites (N-methyl/N-ethyl adjacent to an activating group) is 1. The molecule has 2 saturated heterocycles. The number of hydrogen-bond acceptors (Lipinski definition) is 6. The first-order valence-corrected chi connectivity index (χ1v) is 10.8. The second-order valence-corrected chi connectivity index (χ2v) is 8.06. The molecule has 10 nitrogen and oxygen atoms in total. The number of halogens is 1. The smallest absolute Gasteiger partial charge is 0.324 e. The molecule has 1 atom stereocenters. The number of aromatic hydroxyl groups is 1. The van der Waals surface area contributed by atoms with Crippen molar-refractivity contribution in [3.05, 3.63) is 51.5 Å². The predicted molar refractivity (Wildman–Crippen MR) is 117 cm³/mol. The normalized spacial score (nSPS) is 18.3. The SMILES string of the molecule is CCN1CCN(c2cc(F)ccc2CNC(=O)c2nc(C3CCOC3)n(C)c(=O)c2O)C1=O. The third kappa shape index (κ3) is 4.28. The molecular weight excluding hydrogens is 433 g/mol. The van der Waals surface area contributed by atoms with Gasteiger partial charge < -0.3 is 20.1 Å². The lowest BCUT2D eigenvalue weighted by atomic mass is 10.1. The Hall–Kier alpha value is -3.47.